The molecular weight excluding hydrogens is 210 g/mol. The number of Topliss-reactive ketones (excluding diaryl/α,β-unsaturated/α-hetero) is 1. The van der Waals surface area contributed by atoms with Crippen molar-refractivity contribution in [1.82, 2.24) is 4.90 Å². The summed E-state index contributed by atoms with van der Waals surface area (Å²) in [4.78, 5) is 14.2. The SMILES string of the molecule is Cc1cccc(C(=O)CN(C)C(C)C(C)C)c1. The second kappa shape index (κ2) is 5.97. The van der Waals surface area contributed by atoms with Crippen molar-refractivity contribution in [3.8, 4) is 0 Å². The summed E-state index contributed by atoms with van der Waals surface area (Å²) >= 11 is 0. The van der Waals surface area contributed by atoms with Crippen LogP contribution in [0.3, 0.4) is 0 Å². The van der Waals surface area contributed by atoms with Crippen molar-refractivity contribution in [3.05, 3.63) is 35.4 Å². The van der Waals surface area contributed by atoms with Gasteiger partial charge in [0.2, 0.25) is 0 Å². The molecule has 0 saturated heterocycles. The summed E-state index contributed by atoms with van der Waals surface area (Å²) < 4.78 is 0. The summed E-state index contributed by atoms with van der Waals surface area (Å²) in [5, 5.41) is 0. The van der Waals surface area contributed by atoms with Crippen molar-refractivity contribution < 1.29 is 4.79 Å². The standard InChI is InChI=1S/C15H23NO/c1-11(2)13(4)16(5)10-15(17)14-8-6-7-12(3)9-14/h6-9,11,13H,10H2,1-5H3. The van der Waals surface area contributed by atoms with Gasteiger partial charge in [-0.15, -0.1) is 0 Å². The van der Waals surface area contributed by atoms with Crippen LogP contribution in [0.15, 0.2) is 24.3 Å². The number of hydrogen-bond acceptors (Lipinski definition) is 2. The summed E-state index contributed by atoms with van der Waals surface area (Å²) in [5.74, 6) is 0.758. The Morgan fingerprint density at radius 1 is 1.29 bits per heavy atom. The maximum atomic E-state index is 12.1. The molecule has 0 spiro atoms. The predicted octanol–water partition coefficient (Wildman–Crippen LogP) is 3.15. The molecule has 0 aliphatic rings. The summed E-state index contributed by atoms with van der Waals surface area (Å²) in [6, 6.07) is 8.22. The van der Waals surface area contributed by atoms with E-state index in [4.69, 9.17) is 0 Å². The third-order valence-electron chi connectivity index (χ3n) is 3.39. The van der Waals surface area contributed by atoms with Gasteiger partial charge >= 0.3 is 0 Å². The predicted molar refractivity (Wildman–Crippen MR) is 72.4 cm³/mol. The van der Waals surface area contributed by atoms with Crippen LogP contribution in [0.25, 0.3) is 0 Å². The topological polar surface area (TPSA) is 20.3 Å². The number of hydrogen-bond donors (Lipinski definition) is 0. The average Bonchev–Trinajstić information content (AvgIpc) is 2.27. The highest BCUT2D eigenvalue weighted by Gasteiger charge is 2.16. The molecule has 1 aromatic rings. The van der Waals surface area contributed by atoms with E-state index >= 15 is 0 Å². The number of aryl methyl sites for hydroxylation is 1. The van der Waals surface area contributed by atoms with E-state index in [1.165, 1.54) is 0 Å². The number of benzene rings is 1. The molecule has 1 rings (SSSR count). The van der Waals surface area contributed by atoms with Crippen LogP contribution in [-0.4, -0.2) is 30.3 Å². The van der Waals surface area contributed by atoms with Crippen molar-refractivity contribution in [2.24, 2.45) is 5.92 Å². The van der Waals surface area contributed by atoms with Gasteiger partial charge in [0, 0.05) is 11.6 Å². The van der Waals surface area contributed by atoms with Gasteiger partial charge in [0.1, 0.15) is 0 Å². The molecule has 0 amide bonds. The van der Waals surface area contributed by atoms with Gasteiger partial charge in [-0.3, -0.25) is 9.69 Å². The highest BCUT2D eigenvalue weighted by molar-refractivity contribution is 5.97. The number of rotatable bonds is 5. The van der Waals surface area contributed by atoms with E-state index in [-0.39, 0.29) is 5.78 Å². The van der Waals surface area contributed by atoms with Gasteiger partial charge in [0.25, 0.3) is 0 Å². The molecule has 0 heterocycles. The Bertz CT molecular complexity index is 384. The molecule has 0 fully saturated rings. The fourth-order valence-electron chi connectivity index (χ4n) is 1.79. The summed E-state index contributed by atoms with van der Waals surface area (Å²) in [6.45, 7) is 9.02. The Labute approximate surface area is 105 Å². The first kappa shape index (κ1) is 13.9. The normalized spacial score (nSPS) is 13.1. The lowest BCUT2D eigenvalue weighted by atomic mass is 10.0. The van der Waals surface area contributed by atoms with Crippen LogP contribution >= 0.6 is 0 Å². The summed E-state index contributed by atoms with van der Waals surface area (Å²) in [5.41, 5.74) is 1.95. The highest BCUT2D eigenvalue weighted by Crippen LogP contribution is 2.10. The van der Waals surface area contributed by atoms with E-state index < -0.39 is 0 Å². The zero-order valence-electron chi connectivity index (χ0n) is 11.5. The zero-order chi connectivity index (χ0) is 13.0. The maximum absolute atomic E-state index is 12.1. The number of likely N-dealkylation sites (N-methyl/N-ethyl adjacent to an activating group) is 1. The van der Waals surface area contributed by atoms with Crippen molar-refractivity contribution in [3.63, 3.8) is 0 Å². The smallest absolute Gasteiger partial charge is 0.176 e. The van der Waals surface area contributed by atoms with Crippen molar-refractivity contribution in [1.29, 1.82) is 0 Å². The van der Waals surface area contributed by atoms with Crippen molar-refractivity contribution in [2.45, 2.75) is 33.7 Å². The number of carbonyl (C=O) groups is 1. The minimum atomic E-state index is 0.198. The average molecular weight is 233 g/mol. The lowest BCUT2D eigenvalue weighted by Crippen LogP contribution is -2.37. The molecular formula is C15H23NO. The molecule has 0 N–H and O–H groups in total. The van der Waals surface area contributed by atoms with Crippen molar-refractivity contribution >= 4 is 5.78 Å². The molecule has 2 heteroatoms. The molecule has 17 heavy (non-hydrogen) atoms. The third kappa shape index (κ3) is 3.97. The first-order chi connectivity index (χ1) is 7.91. The maximum Gasteiger partial charge on any atom is 0.176 e. The summed E-state index contributed by atoms with van der Waals surface area (Å²) in [6.07, 6.45) is 0. The molecule has 0 aromatic heterocycles. The number of nitrogens with zero attached hydrogens (tertiary/aromatic N) is 1. The molecule has 0 bridgehead atoms. The van der Waals surface area contributed by atoms with Gasteiger partial charge in [-0.1, -0.05) is 37.6 Å². The van der Waals surface area contributed by atoms with E-state index in [1.807, 2.05) is 38.2 Å². The molecule has 2 nitrogen and oxygen atoms in total. The monoisotopic (exact) mass is 233 g/mol. The van der Waals surface area contributed by atoms with Gasteiger partial charge in [0.05, 0.1) is 6.54 Å². The van der Waals surface area contributed by atoms with Gasteiger partial charge in [-0.2, -0.15) is 0 Å². The number of ketones is 1. The van der Waals surface area contributed by atoms with Crippen molar-refractivity contribution in [2.75, 3.05) is 13.6 Å². The molecule has 0 radical (unpaired) electrons. The van der Waals surface area contributed by atoms with Gasteiger partial charge < -0.3 is 0 Å². The fraction of sp³-hybridized carbons (Fsp3) is 0.533. The Hall–Kier alpha value is -1.15. The quantitative estimate of drug-likeness (QED) is 0.728. The molecule has 94 valence electrons. The minimum absolute atomic E-state index is 0.198. The van der Waals surface area contributed by atoms with Crippen LogP contribution in [0.4, 0.5) is 0 Å². The second-order valence-electron chi connectivity index (χ2n) is 5.19. The Kier molecular flexibility index (Phi) is 4.88. The molecule has 0 aliphatic carbocycles. The molecule has 1 unspecified atom stereocenters. The van der Waals surface area contributed by atoms with E-state index in [0.29, 0.717) is 18.5 Å². The first-order valence-electron chi connectivity index (χ1n) is 6.22. The van der Waals surface area contributed by atoms with E-state index in [2.05, 4.69) is 25.7 Å². The van der Waals surface area contributed by atoms with E-state index in [0.717, 1.165) is 11.1 Å². The minimum Gasteiger partial charge on any atom is -0.296 e. The molecule has 1 aromatic carbocycles. The van der Waals surface area contributed by atoms with Crippen LogP contribution in [0.5, 0.6) is 0 Å². The Balaban J connectivity index is 2.67. The molecule has 0 saturated carbocycles. The second-order valence-corrected chi connectivity index (χ2v) is 5.19. The largest absolute Gasteiger partial charge is 0.296 e. The molecule has 0 aliphatic heterocycles. The fourth-order valence-corrected chi connectivity index (χ4v) is 1.79. The van der Waals surface area contributed by atoms with Gasteiger partial charge in [-0.05, 0) is 32.9 Å². The zero-order valence-corrected chi connectivity index (χ0v) is 11.5. The van der Waals surface area contributed by atoms with Crippen LogP contribution < -0.4 is 0 Å². The lowest BCUT2D eigenvalue weighted by molar-refractivity contribution is 0.0906. The van der Waals surface area contributed by atoms with Crippen LogP contribution in [0, 0.1) is 12.8 Å². The summed E-state index contributed by atoms with van der Waals surface area (Å²) in [7, 11) is 2.01. The Morgan fingerprint density at radius 3 is 2.47 bits per heavy atom. The lowest BCUT2D eigenvalue weighted by Gasteiger charge is -2.27. The highest BCUT2D eigenvalue weighted by atomic mass is 16.1. The van der Waals surface area contributed by atoms with E-state index in [9.17, 15) is 4.79 Å². The van der Waals surface area contributed by atoms with Gasteiger partial charge in [0.15, 0.2) is 5.78 Å². The van der Waals surface area contributed by atoms with Gasteiger partial charge in [-0.25, -0.2) is 0 Å². The Morgan fingerprint density at radius 2 is 1.94 bits per heavy atom. The third-order valence-corrected chi connectivity index (χ3v) is 3.39. The van der Waals surface area contributed by atoms with Crippen LogP contribution in [0.1, 0.15) is 36.7 Å². The molecule has 1 atom stereocenters. The van der Waals surface area contributed by atoms with Crippen LogP contribution in [0.2, 0.25) is 0 Å². The first-order valence-corrected chi connectivity index (χ1v) is 6.22. The van der Waals surface area contributed by atoms with E-state index in [1.54, 1.807) is 0 Å². The van der Waals surface area contributed by atoms with Crippen LogP contribution in [-0.2, 0) is 0 Å². The number of carbonyl (C=O) groups excluding carboxylic acids is 1.